The molecule has 0 aromatic heterocycles. The molecular weight excluding hydrogens is 569 g/mol. The first-order valence-electron chi connectivity index (χ1n) is 22.5. The highest BCUT2D eigenvalue weighted by Crippen LogP contribution is 2.24. The summed E-state index contributed by atoms with van der Waals surface area (Å²) in [5.41, 5.74) is 0. The predicted octanol–water partition coefficient (Wildman–Crippen LogP) is 15.9. The van der Waals surface area contributed by atoms with E-state index < -0.39 is 0 Å². The van der Waals surface area contributed by atoms with Crippen LogP contribution in [0, 0.1) is 0 Å². The molecule has 1 aliphatic rings. The largest absolute Gasteiger partial charge is 0.356 e. The fraction of sp³-hybridized carbons (Fsp3) is 0.956. The van der Waals surface area contributed by atoms with Gasteiger partial charge in [0.15, 0.2) is 0 Å². The molecule has 280 valence electrons. The second kappa shape index (κ2) is 36.6. The van der Waals surface area contributed by atoms with Gasteiger partial charge in [-0.15, -0.1) is 0 Å². The SMILES string of the molecule is CCCCCCCCCCCCCCCCCCCN1C=CN(CCCCCCCCCCCCCC)C1CCCCCCCCC. The molecule has 0 saturated heterocycles. The first-order chi connectivity index (χ1) is 23.3. The Kier molecular flexibility index (Phi) is 34.6. The van der Waals surface area contributed by atoms with Gasteiger partial charge in [0.05, 0.1) is 0 Å². The maximum absolute atomic E-state index is 2.72. The van der Waals surface area contributed by atoms with Crippen LogP contribution in [-0.4, -0.2) is 29.1 Å². The maximum atomic E-state index is 2.72. The molecule has 0 aromatic rings. The van der Waals surface area contributed by atoms with Crippen LogP contribution in [0.5, 0.6) is 0 Å². The normalized spacial score (nSPS) is 14.7. The van der Waals surface area contributed by atoms with Crippen LogP contribution < -0.4 is 0 Å². The summed E-state index contributed by atoms with van der Waals surface area (Å²) in [6.07, 6.45) is 58.9. The van der Waals surface area contributed by atoms with Crippen LogP contribution in [0.1, 0.15) is 258 Å². The van der Waals surface area contributed by atoms with Crippen molar-refractivity contribution in [1.82, 2.24) is 9.80 Å². The summed E-state index contributed by atoms with van der Waals surface area (Å²) in [6, 6.07) is 0. The zero-order chi connectivity index (χ0) is 33.7. The highest BCUT2D eigenvalue weighted by Gasteiger charge is 2.24. The summed E-state index contributed by atoms with van der Waals surface area (Å²) in [5, 5.41) is 0. The lowest BCUT2D eigenvalue weighted by atomic mass is 10.0. The van der Waals surface area contributed by atoms with Crippen LogP contribution in [0.4, 0.5) is 0 Å². The van der Waals surface area contributed by atoms with E-state index in [4.69, 9.17) is 0 Å². The summed E-state index contributed by atoms with van der Waals surface area (Å²) in [7, 11) is 0. The lowest BCUT2D eigenvalue weighted by Gasteiger charge is -2.33. The van der Waals surface area contributed by atoms with E-state index in [-0.39, 0.29) is 0 Å². The van der Waals surface area contributed by atoms with Crippen LogP contribution in [0.25, 0.3) is 0 Å². The lowest BCUT2D eigenvalue weighted by molar-refractivity contribution is 0.135. The Bertz CT molecular complexity index is 615. The molecule has 0 aliphatic carbocycles. The molecule has 47 heavy (non-hydrogen) atoms. The number of rotatable bonds is 39. The highest BCUT2D eigenvalue weighted by molar-refractivity contribution is 4.97. The van der Waals surface area contributed by atoms with Gasteiger partial charge in [-0.25, -0.2) is 0 Å². The summed E-state index contributed by atoms with van der Waals surface area (Å²) in [5.74, 6) is 0. The Hall–Kier alpha value is -0.660. The molecule has 0 fully saturated rings. The van der Waals surface area contributed by atoms with Crippen LogP contribution in [-0.2, 0) is 0 Å². The third-order valence-electron chi connectivity index (χ3n) is 11.1. The van der Waals surface area contributed by atoms with Gasteiger partial charge >= 0.3 is 0 Å². The summed E-state index contributed by atoms with van der Waals surface area (Å²) in [6.45, 7) is 9.49. The van der Waals surface area contributed by atoms with Gasteiger partial charge < -0.3 is 9.80 Å². The molecule has 0 spiro atoms. The van der Waals surface area contributed by atoms with Gasteiger partial charge in [-0.2, -0.15) is 0 Å². The van der Waals surface area contributed by atoms with Crippen molar-refractivity contribution in [2.24, 2.45) is 0 Å². The molecule has 1 rings (SSSR count). The number of hydrogen-bond donors (Lipinski definition) is 0. The quantitative estimate of drug-likeness (QED) is 0.0606. The van der Waals surface area contributed by atoms with Gasteiger partial charge in [-0.3, -0.25) is 0 Å². The molecule has 2 nitrogen and oxygen atoms in total. The van der Waals surface area contributed by atoms with Gasteiger partial charge in [0, 0.05) is 25.5 Å². The Morgan fingerprint density at radius 2 is 0.489 bits per heavy atom. The van der Waals surface area contributed by atoms with Crippen molar-refractivity contribution in [3.63, 3.8) is 0 Å². The van der Waals surface area contributed by atoms with Crippen LogP contribution in [0.2, 0.25) is 0 Å². The zero-order valence-electron chi connectivity index (χ0n) is 33.2. The monoisotopic (exact) mass is 659 g/mol. The van der Waals surface area contributed by atoms with Crippen molar-refractivity contribution in [2.45, 2.75) is 265 Å². The Morgan fingerprint density at radius 3 is 0.745 bits per heavy atom. The van der Waals surface area contributed by atoms with Crippen LogP contribution in [0.15, 0.2) is 12.4 Å². The van der Waals surface area contributed by atoms with Crippen LogP contribution in [0.3, 0.4) is 0 Å². The molecule has 2 heteroatoms. The van der Waals surface area contributed by atoms with Crippen molar-refractivity contribution in [3.8, 4) is 0 Å². The maximum Gasteiger partial charge on any atom is 0.101 e. The summed E-state index contributed by atoms with van der Waals surface area (Å²) >= 11 is 0. The van der Waals surface area contributed by atoms with Crippen molar-refractivity contribution in [2.75, 3.05) is 13.1 Å². The van der Waals surface area contributed by atoms with E-state index in [0.717, 1.165) is 0 Å². The number of nitrogens with zero attached hydrogens (tertiary/aromatic N) is 2. The third-order valence-corrected chi connectivity index (χ3v) is 11.1. The molecule has 1 unspecified atom stereocenters. The van der Waals surface area contributed by atoms with E-state index in [9.17, 15) is 0 Å². The topological polar surface area (TPSA) is 6.48 Å². The Labute approximate surface area is 299 Å². The van der Waals surface area contributed by atoms with E-state index in [1.165, 1.54) is 251 Å². The third kappa shape index (κ3) is 28.8. The molecule has 1 aliphatic heterocycles. The molecule has 0 radical (unpaired) electrons. The van der Waals surface area contributed by atoms with Gasteiger partial charge in [-0.05, 0) is 25.7 Å². The molecular formula is C45H90N2. The highest BCUT2D eigenvalue weighted by atomic mass is 15.4. The fourth-order valence-corrected chi connectivity index (χ4v) is 7.78. The van der Waals surface area contributed by atoms with E-state index >= 15 is 0 Å². The first-order valence-corrected chi connectivity index (χ1v) is 22.5. The molecule has 0 N–H and O–H groups in total. The second-order valence-electron chi connectivity index (χ2n) is 15.7. The van der Waals surface area contributed by atoms with Gasteiger partial charge in [0.1, 0.15) is 6.17 Å². The molecule has 0 aromatic carbocycles. The molecule has 1 heterocycles. The smallest absolute Gasteiger partial charge is 0.101 e. The van der Waals surface area contributed by atoms with E-state index in [0.29, 0.717) is 6.17 Å². The van der Waals surface area contributed by atoms with Crippen LogP contribution >= 0.6 is 0 Å². The van der Waals surface area contributed by atoms with Crippen molar-refractivity contribution < 1.29 is 0 Å². The van der Waals surface area contributed by atoms with E-state index in [2.05, 4.69) is 43.0 Å². The molecule has 0 amide bonds. The Morgan fingerprint density at radius 1 is 0.277 bits per heavy atom. The minimum atomic E-state index is 0.638. The van der Waals surface area contributed by atoms with Gasteiger partial charge in [-0.1, -0.05) is 233 Å². The summed E-state index contributed by atoms with van der Waals surface area (Å²) < 4.78 is 0. The van der Waals surface area contributed by atoms with Crippen molar-refractivity contribution in [1.29, 1.82) is 0 Å². The van der Waals surface area contributed by atoms with Gasteiger partial charge in [0.2, 0.25) is 0 Å². The standard InChI is InChI=1S/C45H90N2/c1-4-7-10-13-16-18-20-22-23-24-25-26-28-30-33-36-39-42-47-44-43-46(45(47)40-37-34-31-15-12-9-6-3)41-38-35-32-29-27-21-19-17-14-11-8-5-2/h43-45H,4-42H2,1-3H3. The number of hydrogen-bond acceptors (Lipinski definition) is 2. The van der Waals surface area contributed by atoms with Crippen molar-refractivity contribution in [3.05, 3.63) is 12.4 Å². The lowest BCUT2D eigenvalue weighted by Crippen LogP contribution is -2.39. The molecule has 0 bridgehead atoms. The average Bonchev–Trinajstić information content (AvgIpc) is 3.47. The summed E-state index contributed by atoms with van der Waals surface area (Å²) in [4.78, 5) is 5.45. The first kappa shape index (κ1) is 44.4. The number of unbranched alkanes of at least 4 members (excludes halogenated alkanes) is 33. The predicted molar refractivity (Wildman–Crippen MR) is 214 cm³/mol. The zero-order valence-corrected chi connectivity index (χ0v) is 33.2. The minimum absolute atomic E-state index is 0.638. The fourth-order valence-electron chi connectivity index (χ4n) is 7.78. The molecule has 0 saturated carbocycles. The van der Waals surface area contributed by atoms with Gasteiger partial charge in [0.25, 0.3) is 0 Å². The van der Waals surface area contributed by atoms with E-state index in [1.54, 1.807) is 0 Å². The average molecular weight is 659 g/mol. The molecule has 1 atom stereocenters. The Balaban J connectivity index is 2.13. The minimum Gasteiger partial charge on any atom is -0.356 e. The second-order valence-corrected chi connectivity index (χ2v) is 15.7. The van der Waals surface area contributed by atoms with Crippen molar-refractivity contribution >= 4 is 0 Å². The van der Waals surface area contributed by atoms with E-state index in [1.807, 2.05) is 0 Å².